The predicted octanol–water partition coefficient (Wildman–Crippen LogP) is 1.43. The minimum absolute atomic E-state index is 0.151. The average molecular weight is 304 g/mol. The molecule has 0 aromatic carbocycles. The van der Waals surface area contributed by atoms with E-state index in [0.29, 0.717) is 29.3 Å². The van der Waals surface area contributed by atoms with Crippen molar-refractivity contribution in [1.29, 1.82) is 0 Å². The van der Waals surface area contributed by atoms with Crippen molar-refractivity contribution in [3.8, 4) is 11.5 Å². The summed E-state index contributed by atoms with van der Waals surface area (Å²) in [6, 6.07) is 1.64. The van der Waals surface area contributed by atoms with Gasteiger partial charge in [-0.05, 0) is 13.8 Å². The molecule has 2 aromatic rings. The molecular weight excluding hydrogens is 284 g/mol. The van der Waals surface area contributed by atoms with Crippen LogP contribution in [0.5, 0.6) is 11.5 Å². The Bertz CT molecular complexity index is 686. The number of aromatic nitrogens is 2. The van der Waals surface area contributed by atoms with Crippen molar-refractivity contribution in [2.24, 2.45) is 0 Å². The number of methoxy groups -OCH3 is 2. The lowest BCUT2D eigenvalue weighted by molar-refractivity contribution is -0.614. The first kappa shape index (κ1) is 16.0. The van der Waals surface area contributed by atoms with Crippen molar-refractivity contribution >= 4 is 0 Å². The maximum Gasteiger partial charge on any atom is 0.203 e. The van der Waals surface area contributed by atoms with E-state index < -0.39 is 0 Å². The number of hydrogen-bond acceptors (Lipinski definition) is 5. The molecule has 0 amide bonds. The van der Waals surface area contributed by atoms with Crippen LogP contribution in [0.1, 0.15) is 28.1 Å². The van der Waals surface area contributed by atoms with Gasteiger partial charge in [0.05, 0.1) is 38.5 Å². The molecule has 0 atom stereocenters. The van der Waals surface area contributed by atoms with Gasteiger partial charge in [-0.15, -0.1) is 0 Å². The number of aliphatic hydroxyl groups excluding tert-OH is 1. The summed E-state index contributed by atoms with van der Waals surface area (Å²) in [6.07, 6.45) is 3.43. The highest BCUT2D eigenvalue weighted by Crippen LogP contribution is 2.28. The van der Waals surface area contributed by atoms with E-state index in [9.17, 15) is 10.3 Å². The number of pyridine rings is 2. The molecule has 0 unspecified atom stereocenters. The van der Waals surface area contributed by atoms with Gasteiger partial charge in [0.25, 0.3) is 0 Å². The quantitative estimate of drug-likeness (QED) is 0.668. The minimum atomic E-state index is -0.151. The highest BCUT2D eigenvalue weighted by molar-refractivity contribution is 5.44. The molecule has 2 heterocycles. The van der Waals surface area contributed by atoms with Crippen LogP contribution in [-0.2, 0) is 13.0 Å². The van der Waals surface area contributed by atoms with Crippen LogP contribution in [0.25, 0.3) is 0 Å². The molecule has 118 valence electrons. The third-order valence-corrected chi connectivity index (χ3v) is 3.80. The number of nitrogens with zero attached hydrogens (tertiary/aromatic N) is 2. The maximum absolute atomic E-state index is 12.1. The molecule has 0 aliphatic rings. The fraction of sp³-hybridized carbons (Fsp3) is 0.375. The zero-order valence-corrected chi connectivity index (χ0v) is 13.2. The van der Waals surface area contributed by atoms with Crippen LogP contribution in [0.2, 0.25) is 0 Å². The van der Waals surface area contributed by atoms with Crippen LogP contribution in [0.15, 0.2) is 18.5 Å². The van der Waals surface area contributed by atoms with Gasteiger partial charge in [0, 0.05) is 23.4 Å². The Morgan fingerprint density at radius 1 is 1.23 bits per heavy atom. The summed E-state index contributed by atoms with van der Waals surface area (Å²) >= 11 is 0. The first-order chi connectivity index (χ1) is 10.5. The van der Waals surface area contributed by atoms with Crippen molar-refractivity contribution in [2.75, 3.05) is 14.2 Å². The monoisotopic (exact) mass is 304 g/mol. The van der Waals surface area contributed by atoms with E-state index in [1.165, 1.54) is 6.20 Å². The van der Waals surface area contributed by atoms with Gasteiger partial charge in [0.2, 0.25) is 5.69 Å². The summed E-state index contributed by atoms with van der Waals surface area (Å²) in [7, 11) is 3.14. The van der Waals surface area contributed by atoms with E-state index in [2.05, 4.69) is 4.98 Å². The van der Waals surface area contributed by atoms with Crippen molar-refractivity contribution < 1.29 is 19.3 Å². The second-order valence-electron chi connectivity index (χ2n) is 5.00. The number of aliphatic hydroxyl groups is 1. The molecule has 1 N–H and O–H groups in total. The predicted molar refractivity (Wildman–Crippen MR) is 80.9 cm³/mol. The molecule has 6 nitrogen and oxygen atoms in total. The fourth-order valence-corrected chi connectivity index (χ4v) is 2.52. The molecule has 0 aliphatic heterocycles. The molecule has 6 heteroatoms. The summed E-state index contributed by atoms with van der Waals surface area (Å²) in [5.41, 5.74) is 3.50. The Balaban J connectivity index is 2.50. The molecule has 0 saturated carbocycles. The van der Waals surface area contributed by atoms with Gasteiger partial charge in [-0.3, -0.25) is 4.98 Å². The highest BCUT2D eigenvalue weighted by atomic mass is 16.5. The van der Waals surface area contributed by atoms with E-state index >= 15 is 0 Å². The topological polar surface area (TPSA) is 78.5 Å². The number of ether oxygens (including phenoxy) is 2. The van der Waals surface area contributed by atoms with Crippen molar-refractivity contribution in [2.45, 2.75) is 26.9 Å². The largest absolute Gasteiger partial charge is 0.618 e. The van der Waals surface area contributed by atoms with Crippen molar-refractivity contribution in [3.05, 3.63) is 51.7 Å². The van der Waals surface area contributed by atoms with Crippen LogP contribution in [0, 0.1) is 19.1 Å². The smallest absolute Gasteiger partial charge is 0.203 e. The van der Waals surface area contributed by atoms with E-state index in [1.54, 1.807) is 26.5 Å². The lowest BCUT2D eigenvalue weighted by Gasteiger charge is -2.15. The second kappa shape index (κ2) is 6.62. The molecule has 2 aromatic heterocycles. The van der Waals surface area contributed by atoms with Gasteiger partial charge >= 0.3 is 0 Å². The molecule has 0 fully saturated rings. The highest BCUT2D eigenvalue weighted by Gasteiger charge is 2.19. The van der Waals surface area contributed by atoms with Gasteiger partial charge in [0.1, 0.15) is 11.5 Å². The molecule has 22 heavy (non-hydrogen) atoms. The van der Waals surface area contributed by atoms with Crippen LogP contribution in [0.3, 0.4) is 0 Å². The zero-order valence-electron chi connectivity index (χ0n) is 13.2. The third-order valence-electron chi connectivity index (χ3n) is 3.80. The van der Waals surface area contributed by atoms with Crippen molar-refractivity contribution in [1.82, 2.24) is 4.98 Å². The van der Waals surface area contributed by atoms with E-state index in [1.807, 2.05) is 13.8 Å². The second-order valence-corrected chi connectivity index (χ2v) is 5.00. The molecule has 0 saturated heterocycles. The van der Waals surface area contributed by atoms with Gasteiger partial charge in [-0.1, -0.05) is 0 Å². The van der Waals surface area contributed by atoms with E-state index in [-0.39, 0.29) is 6.61 Å². The normalized spacial score (nSPS) is 10.6. The molecule has 0 bridgehead atoms. The van der Waals surface area contributed by atoms with Gasteiger partial charge in [-0.25, -0.2) is 0 Å². The Kier molecular flexibility index (Phi) is 4.82. The standard InChI is InChI=1S/C16H20N2O4/c1-10-13(9-19)17-8-12(16(10)22-4)7-14-11(2)15(21-3)5-6-18(14)20/h5-6,8,19H,7,9H2,1-4H3. The summed E-state index contributed by atoms with van der Waals surface area (Å²) < 4.78 is 11.5. The van der Waals surface area contributed by atoms with E-state index in [4.69, 9.17) is 9.47 Å². The Morgan fingerprint density at radius 3 is 2.55 bits per heavy atom. The zero-order chi connectivity index (χ0) is 16.3. The minimum Gasteiger partial charge on any atom is -0.618 e. The summed E-state index contributed by atoms with van der Waals surface area (Å²) in [5, 5.41) is 21.4. The van der Waals surface area contributed by atoms with Crippen LogP contribution < -0.4 is 14.2 Å². The van der Waals surface area contributed by atoms with Crippen LogP contribution in [-0.4, -0.2) is 24.3 Å². The molecule has 2 rings (SSSR count). The number of rotatable bonds is 5. The van der Waals surface area contributed by atoms with E-state index in [0.717, 1.165) is 21.4 Å². The molecule has 0 aliphatic carbocycles. The molecule has 0 radical (unpaired) electrons. The summed E-state index contributed by atoms with van der Waals surface area (Å²) in [6.45, 7) is 3.53. The SMILES string of the molecule is COc1cc[n+]([O-])c(Cc2cnc(CO)c(C)c2OC)c1C. The van der Waals surface area contributed by atoms with Gasteiger partial charge in [0.15, 0.2) is 6.20 Å². The van der Waals surface area contributed by atoms with Crippen LogP contribution >= 0.6 is 0 Å². The average Bonchev–Trinajstić information content (AvgIpc) is 2.52. The Hall–Kier alpha value is -2.34. The summed E-state index contributed by atoms with van der Waals surface area (Å²) in [5.74, 6) is 1.30. The fourth-order valence-electron chi connectivity index (χ4n) is 2.52. The molecule has 0 spiro atoms. The lowest BCUT2D eigenvalue weighted by Crippen LogP contribution is -2.32. The number of hydrogen-bond donors (Lipinski definition) is 1. The first-order valence-corrected chi connectivity index (χ1v) is 6.91. The van der Waals surface area contributed by atoms with Crippen LogP contribution in [0.4, 0.5) is 0 Å². The maximum atomic E-state index is 12.1. The third kappa shape index (κ3) is 2.82. The molecular formula is C16H20N2O4. The summed E-state index contributed by atoms with van der Waals surface area (Å²) in [4.78, 5) is 4.23. The van der Waals surface area contributed by atoms with Gasteiger partial charge in [-0.2, -0.15) is 4.73 Å². The Labute approximate surface area is 129 Å². The van der Waals surface area contributed by atoms with Gasteiger partial charge < -0.3 is 19.8 Å². The van der Waals surface area contributed by atoms with Crippen molar-refractivity contribution in [3.63, 3.8) is 0 Å². The Morgan fingerprint density at radius 2 is 1.95 bits per heavy atom. The first-order valence-electron chi connectivity index (χ1n) is 6.91. The lowest BCUT2D eigenvalue weighted by atomic mass is 10.0.